The van der Waals surface area contributed by atoms with Gasteiger partial charge >= 0.3 is 29.6 Å². The van der Waals surface area contributed by atoms with Gasteiger partial charge in [0.25, 0.3) is 0 Å². The molecule has 0 aliphatic carbocycles. The minimum Gasteiger partial charge on any atom is -0.415 e. The topological polar surface area (TPSA) is 64.1 Å². The molecule has 0 saturated carbocycles. The van der Waals surface area contributed by atoms with Gasteiger partial charge in [-0.15, -0.1) is 0 Å². The monoisotopic (exact) mass is 2880 g/mol. The van der Waals surface area contributed by atoms with Crippen LogP contribution in [0, 0.1) is 0 Å². The Labute approximate surface area is 591 Å². The number of rotatable bonds is 24. The molecule has 48 heteroatoms. The first kappa shape index (κ1) is 67.1. The van der Waals surface area contributed by atoms with Crippen LogP contribution in [0.25, 0.3) is 0 Å². The Balaban J connectivity index is 0. The second-order valence-electron chi connectivity index (χ2n) is 10.4. The van der Waals surface area contributed by atoms with E-state index in [1.807, 2.05) is 0 Å². The van der Waals surface area contributed by atoms with Crippen LogP contribution in [0.3, 0.4) is 0 Å². The van der Waals surface area contributed by atoms with Crippen molar-refractivity contribution in [3.8, 4) is 0 Å². The zero-order chi connectivity index (χ0) is 37.1. The quantitative estimate of drug-likeness (QED) is 0.103. The van der Waals surface area contributed by atoms with Crippen molar-refractivity contribution in [1.82, 2.24) is 5.14 Å². The maximum absolute atomic E-state index is 6.97. The summed E-state index contributed by atoms with van der Waals surface area (Å²) < 4.78 is 9.88. The van der Waals surface area contributed by atoms with Crippen molar-refractivity contribution in [2.24, 2.45) is 11.3 Å². The molecule has 0 fully saturated rings. The van der Waals surface area contributed by atoms with Crippen molar-refractivity contribution in [3.05, 3.63) is 0 Å². The van der Waals surface area contributed by atoms with E-state index in [0.29, 0.717) is 78.3 Å². The molecule has 0 amide bonds. The molecule has 0 aliphatic heterocycles. The van der Waals surface area contributed by atoms with E-state index in [2.05, 4.69) is 453 Å². The Kier molecular flexibility index (Phi) is 52.9. The number of hydrogen-bond donors (Lipinski definition) is 3. The summed E-state index contributed by atoms with van der Waals surface area (Å²) in [5, 5.41) is 6.23. The van der Waals surface area contributed by atoms with E-state index in [-0.39, 0.29) is 42.8 Å². The molecule has 0 bridgehead atoms. The third-order valence-corrected chi connectivity index (χ3v) is 58.6. The van der Waals surface area contributed by atoms with E-state index in [4.69, 9.17) is 11.3 Å². The number of nitrogens with one attached hydrogen (secondary N) is 1. The standard InChI is InChI=1S/B24H9I20N3.Na/c25-1-5(27)9(31)15(37)19(41)23(45)21(43)17(39)13(35)11(33)7(29)3-47-4-8(30)12(34)14(36)18(40)22(44)24(46)20(42)16(38)10(32)6(28)2-26;/h1-4,47H,45-46H2;/q;+1. The molecular formula is H9B24I20N3Na+. The van der Waals surface area contributed by atoms with Crippen LogP contribution in [0.15, 0.2) is 0 Å². The van der Waals surface area contributed by atoms with Gasteiger partial charge in [-0.05, 0) is 0 Å². The van der Waals surface area contributed by atoms with Crippen molar-refractivity contribution in [1.29, 1.82) is 0 Å². The normalized spacial score (nSPS) is 9.79. The first-order valence-corrected chi connectivity index (χ1v) is 38.9. The van der Waals surface area contributed by atoms with E-state index in [9.17, 15) is 0 Å². The summed E-state index contributed by atoms with van der Waals surface area (Å²) in [5.41, 5.74) is 13.9. The van der Waals surface area contributed by atoms with Crippen molar-refractivity contribution >= 4 is 564 Å². The third kappa shape index (κ3) is 24.7. The van der Waals surface area contributed by atoms with Gasteiger partial charge in [-0.2, -0.15) is 447 Å². The molecule has 3 nitrogen and oxygen atoms in total. The van der Waals surface area contributed by atoms with Gasteiger partial charge < -0.3 is 16.4 Å². The maximum Gasteiger partial charge on any atom is 1.00 e. The zero-order valence-corrected chi connectivity index (χ0v) is 69.7. The molecule has 5 N–H and O–H groups in total. The van der Waals surface area contributed by atoms with Crippen molar-refractivity contribution in [3.63, 3.8) is 0 Å². The Morgan fingerprint density at radius 1 is 0.312 bits per heavy atom. The van der Waals surface area contributed by atoms with E-state index < -0.39 is 0 Å². The van der Waals surface area contributed by atoms with Crippen LogP contribution in [-0.4, -0.2) is 116 Å². The molecule has 0 aliphatic rings. The minimum absolute atomic E-state index is 0. The van der Waals surface area contributed by atoms with Crippen LogP contribution in [0.1, 0.15) is 0 Å². The van der Waals surface area contributed by atoms with Crippen molar-refractivity contribution in [2.45, 2.75) is 0 Å². The van der Waals surface area contributed by atoms with Crippen LogP contribution < -0.4 is 46.0 Å². The second kappa shape index (κ2) is 37.8. The molecule has 0 spiro atoms. The average molecular weight is 2870 g/mol. The van der Waals surface area contributed by atoms with Crippen molar-refractivity contribution < 1.29 is 29.6 Å². The molecule has 0 radical (unpaired) electrons. The molecule has 0 atom stereocenters. The zero-order valence-electron chi connectivity index (χ0n) is 24.6. The van der Waals surface area contributed by atoms with Gasteiger partial charge in [0.1, 0.15) is 0 Å². The van der Waals surface area contributed by atoms with Gasteiger partial charge in [-0.3, -0.25) is 0 Å². The van der Waals surface area contributed by atoms with E-state index in [0.717, 1.165) is 14.6 Å². The summed E-state index contributed by atoms with van der Waals surface area (Å²) >= 11 is 53.1. The third-order valence-electron chi connectivity index (χ3n) is 6.87. The van der Waals surface area contributed by atoms with Gasteiger partial charge in [0.15, 0.2) is 116 Å². The smallest absolute Gasteiger partial charge is 0.415 e. The Morgan fingerprint density at radius 2 is 0.500 bits per heavy atom. The van der Waals surface area contributed by atoms with Crippen LogP contribution in [0.5, 0.6) is 0 Å². The molecule has 0 unspecified atom stereocenters. The summed E-state index contributed by atoms with van der Waals surface area (Å²) in [6.07, 6.45) is 0. The Hall–Kier alpha value is 17.0. The van der Waals surface area contributed by atoms with E-state index in [1.165, 1.54) is 10.1 Å². The van der Waals surface area contributed by atoms with Crippen LogP contribution in [0.2, 0.25) is 0 Å². The van der Waals surface area contributed by atoms with Crippen LogP contribution in [-0.2, 0) is 0 Å². The number of hydrogen-bond acceptors (Lipinski definition) is 3. The molecule has 236 valence electrons. The first-order valence-electron chi connectivity index (χ1n) is 13.5. The van der Waals surface area contributed by atoms with Gasteiger partial charge in [0.2, 0.25) is 0 Å². The fourth-order valence-electron chi connectivity index (χ4n) is 3.81. The molecule has 0 saturated heterocycles. The fraction of sp³-hybridized carbons (Fsp3) is 0. The molecule has 0 heterocycles. The first-order chi connectivity index (χ1) is 21.6. The summed E-state index contributed by atoms with van der Waals surface area (Å²) in [7, 11) is 2.07. The van der Waals surface area contributed by atoms with Gasteiger partial charge in [0.05, 0.1) is 0 Å². The molecular weight excluding hydrogens is 2860 g/mol. The van der Waals surface area contributed by atoms with Crippen LogP contribution >= 0.6 is 447 Å². The molecule has 0 aromatic heterocycles. The number of halogens is 20. The predicted octanol–water partition coefficient (Wildman–Crippen LogP) is 2.83. The molecule has 0 rings (SSSR count). The van der Waals surface area contributed by atoms with Gasteiger partial charge in [-0.1, -0.05) is 0 Å². The Bertz CT molecular complexity index is 786. The van der Waals surface area contributed by atoms with E-state index >= 15 is 0 Å². The average Bonchev–Trinajstić information content (AvgIpc) is 3.08. The van der Waals surface area contributed by atoms with E-state index in [1.54, 1.807) is 0 Å². The minimum atomic E-state index is 0. The summed E-state index contributed by atoms with van der Waals surface area (Å²) in [6.45, 7) is 0.361. The van der Waals surface area contributed by atoms with Gasteiger partial charge in [0, 0.05) is 0 Å². The number of nitrogens with two attached hydrogens (primary N) is 2. The summed E-state index contributed by atoms with van der Waals surface area (Å²) in [4.78, 5) is 0. The maximum atomic E-state index is 6.97. The molecule has 0 aromatic carbocycles. The molecule has 48 heavy (non-hydrogen) atoms. The SMILES string of the molecule is NB(B(I)B(I)B(I)B(I)BI)B(I)B(I)B(I)B(I)B(I)BNBB(I)B(I)B(I)B(I)B(I)B(N)B(I)B(I)B(I)B(I)BI.[Na+]. The van der Waals surface area contributed by atoms with Crippen LogP contribution in [0.4, 0.5) is 0 Å². The predicted molar refractivity (Wildman–Crippen MR) is 436 cm³/mol. The largest absolute Gasteiger partial charge is 1.00 e. The van der Waals surface area contributed by atoms with Gasteiger partial charge in [-0.25, -0.2) is 0 Å². The summed E-state index contributed by atoms with van der Waals surface area (Å²) in [5.74, 6) is 0. The summed E-state index contributed by atoms with van der Waals surface area (Å²) in [6, 6.07) is 0. The van der Waals surface area contributed by atoms with Crippen molar-refractivity contribution in [2.75, 3.05) is 0 Å². The fourth-order valence-corrected chi connectivity index (χ4v) is 30.9. The second-order valence-corrected chi connectivity index (χ2v) is 38.7. The molecule has 0 aromatic rings. The Morgan fingerprint density at radius 3 is 0.729 bits per heavy atom.